The second-order valence-electron chi connectivity index (χ2n) is 4.33. The summed E-state index contributed by atoms with van der Waals surface area (Å²) >= 11 is 0. The van der Waals surface area contributed by atoms with Crippen LogP contribution < -0.4 is 10.6 Å². The topological polar surface area (TPSA) is 67.4 Å². The molecule has 0 saturated heterocycles. The lowest BCUT2D eigenvalue weighted by Gasteiger charge is -2.11. The van der Waals surface area contributed by atoms with Crippen LogP contribution in [0.3, 0.4) is 0 Å². The predicted molar refractivity (Wildman–Crippen MR) is 73.9 cm³/mol. The Kier molecular flexibility index (Phi) is 6.02. The first-order chi connectivity index (χ1) is 9.02. The fourth-order valence-electron chi connectivity index (χ4n) is 1.65. The molecule has 5 nitrogen and oxygen atoms in total. The van der Waals surface area contributed by atoms with Crippen molar-refractivity contribution in [1.29, 1.82) is 0 Å². The minimum atomic E-state index is -0.302. The summed E-state index contributed by atoms with van der Waals surface area (Å²) in [4.78, 5) is 22.0. The molecule has 0 aromatic heterocycles. The number of esters is 1. The van der Waals surface area contributed by atoms with Crippen molar-refractivity contribution in [2.45, 2.75) is 26.3 Å². The Morgan fingerprint density at radius 3 is 2.42 bits per heavy atom. The first-order valence-corrected chi connectivity index (χ1v) is 6.20. The van der Waals surface area contributed by atoms with E-state index in [9.17, 15) is 9.59 Å². The Bertz CT molecular complexity index is 429. The fourth-order valence-corrected chi connectivity index (χ4v) is 1.65. The first-order valence-electron chi connectivity index (χ1n) is 6.20. The zero-order valence-corrected chi connectivity index (χ0v) is 11.5. The number of nitrogens with one attached hydrogen (secondary N) is 2. The quantitative estimate of drug-likeness (QED) is 0.761. The first kappa shape index (κ1) is 15.2. The third kappa shape index (κ3) is 5.52. The van der Waals surface area contributed by atoms with Crippen molar-refractivity contribution < 1.29 is 14.3 Å². The van der Waals surface area contributed by atoms with Crippen LogP contribution >= 0.6 is 0 Å². The molecular formula is C14H20N2O3. The van der Waals surface area contributed by atoms with Gasteiger partial charge in [0.2, 0.25) is 5.91 Å². The highest BCUT2D eigenvalue weighted by molar-refractivity contribution is 5.88. The number of anilines is 1. The minimum absolute atomic E-state index is 0.0821. The molecule has 1 aromatic rings. The van der Waals surface area contributed by atoms with Crippen LogP contribution in [0.2, 0.25) is 0 Å². The van der Waals surface area contributed by atoms with E-state index < -0.39 is 0 Å². The number of rotatable bonds is 6. The molecule has 0 bridgehead atoms. The number of amides is 1. The van der Waals surface area contributed by atoms with Crippen molar-refractivity contribution in [3.05, 3.63) is 29.8 Å². The molecule has 0 aliphatic heterocycles. The molecule has 0 heterocycles. The van der Waals surface area contributed by atoms with E-state index in [1.807, 2.05) is 24.3 Å². The Morgan fingerprint density at radius 1 is 1.26 bits per heavy atom. The molecule has 0 saturated carbocycles. The van der Waals surface area contributed by atoms with Crippen molar-refractivity contribution in [3.63, 3.8) is 0 Å². The van der Waals surface area contributed by atoms with Crippen molar-refractivity contribution >= 4 is 17.6 Å². The SMILES string of the molecule is COC(=O)C(C)NCCc1ccc(NC(C)=O)cc1. The van der Waals surface area contributed by atoms with Gasteiger partial charge in [-0.05, 0) is 37.6 Å². The molecule has 2 N–H and O–H groups in total. The van der Waals surface area contributed by atoms with Gasteiger partial charge in [0.15, 0.2) is 0 Å². The number of methoxy groups -OCH3 is 1. The standard InChI is InChI=1S/C14H20N2O3/c1-10(14(18)19-3)15-9-8-12-4-6-13(7-5-12)16-11(2)17/h4-7,10,15H,8-9H2,1-3H3,(H,16,17). The highest BCUT2D eigenvalue weighted by Crippen LogP contribution is 2.09. The maximum Gasteiger partial charge on any atom is 0.322 e. The van der Waals surface area contributed by atoms with Crippen LogP contribution in [0.1, 0.15) is 19.4 Å². The van der Waals surface area contributed by atoms with Gasteiger partial charge in [-0.1, -0.05) is 12.1 Å². The molecule has 1 unspecified atom stereocenters. The number of benzene rings is 1. The smallest absolute Gasteiger partial charge is 0.322 e. The van der Waals surface area contributed by atoms with Crippen LogP contribution in [0, 0.1) is 0 Å². The Morgan fingerprint density at radius 2 is 1.89 bits per heavy atom. The molecule has 104 valence electrons. The maximum atomic E-state index is 11.2. The maximum absolute atomic E-state index is 11.2. The lowest BCUT2D eigenvalue weighted by atomic mass is 10.1. The van der Waals surface area contributed by atoms with Gasteiger partial charge in [0.1, 0.15) is 6.04 Å². The summed E-state index contributed by atoms with van der Waals surface area (Å²) in [5.74, 6) is -0.345. The molecule has 0 aliphatic carbocycles. The minimum Gasteiger partial charge on any atom is -0.468 e. The van der Waals surface area contributed by atoms with E-state index in [1.165, 1.54) is 14.0 Å². The summed E-state index contributed by atoms with van der Waals surface area (Å²) in [6, 6.07) is 7.33. The van der Waals surface area contributed by atoms with Crippen molar-refractivity contribution in [2.75, 3.05) is 19.0 Å². The largest absolute Gasteiger partial charge is 0.468 e. The Hall–Kier alpha value is -1.88. The van der Waals surface area contributed by atoms with Gasteiger partial charge in [0.25, 0.3) is 0 Å². The van der Waals surface area contributed by atoms with Gasteiger partial charge in [-0.25, -0.2) is 0 Å². The summed E-state index contributed by atoms with van der Waals surface area (Å²) in [5, 5.41) is 5.80. The number of carbonyl (C=O) groups excluding carboxylic acids is 2. The number of ether oxygens (including phenoxy) is 1. The fraction of sp³-hybridized carbons (Fsp3) is 0.429. The van der Waals surface area contributed by atoms with E-state index >= 15 is 0 Å². The highest BCUT2D eigenvalue weighted by atomic mass is 16.5. The normalized spacial score (nSPS) is 11.7. The Labute approximate surface area is 113 Å². The molecular weight excluding hydrogens is 244 g/mol. The summed E-state index contributed by atoms with van der Waals surface area (Å²) in [5.41, 5.74) is 1.92. The Balaban J connectivity index is 2.38. The molecule has 5 heteroatoms. The predicted octanol–water partition coefficient (Wildman–Crippen LogP) is 1.34. The average Bonchev–Trinajstić information content (AvgIpc) is 2.39. The van der Waals surface area contributed by atoms with Gasteiger partial charge < -0.3 is 15.4 Å². The van der Waals surface area contributed by atoms with Crippen LogP contribution in [-0.4, -0.2) is 31.6 Å². The van der Waals surface area contributed by atoms with Gasteiger partial charge >= 0.3 is 5.97 Å². The lowest BCUT2D eigenvalue weighted by Crippen LogP contribution is -2.36. The van der Waals surface area contributed by atoms with E-state index in [1.54, 1.807) is 6.92 Å². The summed E-state index contributed by atoms with van der Waals surface area (Å²) in [6.07, 6.45) is 0.807. The van der Waals surface area contributed by atoms with Gasteiger partial charge in [-0.2, -0.15) is 0 Å². The van der Waals surface area contributed by atoms with E-state index in [2.05, 4.69) is 15.4 Å². The molecule has 0 aliphatic rings. The zero-order valence-electron chi connectivity index (χ0n) is 11.5. The van der Waals surface area contributed by atoms with Crippen LogP contribution in [0.15, 0.2) is 24.3 Å². The third-order valence-corrected chi connectivity index (χ3v) is 2.69. The second-order valence-corrected chi connectivity index (χ2v) is 4.33. The average molecular weight is 264 g/mol. The number of carbonyl (C=O) groups is 2. The van der Waals surface area contributed by atoms with Gasteiger partial charge in [-0.3, -0.25) is 9.59 Å². The molecule has 0 radical (unpaired) electrons. The molecule has 1 amide bonds. The molecule has 1 aromatic carbocycles. The molecule has 1 atom stereocenters. The van der Waals surface area contributed by atoms with Crippen LogP contribution in [0.5, 0.6) is 0 Å². The molecule has 1 rings (SSSR count). The van der Waals surface area contributed by atoms with Crippen LogP contribution in [-0.2, 0) is 20.7 Å². The van der Waals surface area contributed by atoms with Crippen molar-refractivity contribution in [1.82, 2.24) is 5.32 Å². The lowest BCUT2D eigenvalue weighted by molar-refractivity contribution is -0.142. The van der Waals surface area contributed by atoms with Gasteiger partial charge in [0, 0.05) is 12.6 Å². The highest BCUT2D eigenvalue weighted by Gasteiger charge is 2.11. The van der Waals surface area contributed by atoms with E-state index in [4.69, 9.17) is 0 Å². The van der Waals surface area contributed by atoms with Crippen LogP contribution in [0.4, 0.5) is 5.69 Å². The second kappa shape index (κ2) is 7.53. The van der Waals surface area contributed by atoms with Gasteiger partial charge in [-0.15, -0.1) is 0 Å². The summed E-state index contributed by atoms with van der Waals surface area (Å²) in [6.45, 7) is 3.94. The zero-order chi connectivity index (χ0) is 14.3. The summed E-state index contributed by atoms with van der Waals surface area (Å²) in [7, 11) is 1.38. The monoisotopic (exact) mass is 264 g/mol. The number of hydrogen-bond donors (Lipinski definition) is 2. The molecule has 0 fully saturated rings. The third-order valence-electron chi connectivity index (χ3n) is 2.69. The molecule has 0 spiro atoms. The van der Waals surface area contributed by atoms with Crippen LogP contribution in [0.25, 0.3) is 0 Å². The van der Waals surface area contributed by atoms with E-state index in [-0.39, 0.29) is 17.9 Å². The molecule has 19 heavy (non-hydrogen) atoms. The van der Waals surface area contributed by atoms with Crippen molar-refractivity contribution in [3.8, 4) is 0 Å². The van der Waals surface area contributed by atoms with E-state index in [0.717, 1.165) is 17.7 Å². The van der Waals surface area contributed by atoms with Crippen molar-refractivity contribution in [2.24, 2.45) is 0 Å². The number of hydrogen-bond acceptors (Lipinski definition) is 4. The van der Waals surface area contributed by atoms with E-state index in [0.29, 0.717) is 6.54 Å². The van der Waals surface area contributed by atoms with Gasteiger partial charge in [0.05, 0.1) is 7.11 Å². The summed E-state index contributed by atoms with van der Waals surface area (Å²) < 4.78 is 4.63.